The predicted molar refractivity (Wildman–Crippen MR) is 85.7 cm³/mol. The van der Waals surface area contributed by atoms with Gasteiger partial charge in [0.2, 0.25) is 0 Å². The highest BCUT2D eigenvalue weighted by Gasteiger charge is 2.17. The summed E-state index contributed by atoms with van der Waals surface area (Å²) in [7, 11) is 1.50. The Morgan fingerprint density at radius 3 is 2.52 bits per heavy atom. The van der Waals surface area contributed by atoms with Gasteiger partial charge in [-0.05, 0) is 25.2 Å². The molecular formula is C15H26N4O2. The molecule has 1 heterocycles. The van der Waals surface area contributed by atoms with E-state index in [1.807, 2.05) is 6.92 Å². The molecule has 21 heavy (non-hydrogen) atoms. The fraction of sp³-hybridized carbons (Fsp3) is 0.733. The molecule has 6 nitrogen and oxygen atoms in total. The van der Waals surface area contributed by atoms with Crippen molar-refractivity contribution in [3.8, 4) is 0 Å². The number of nitrogens with zero attached hydrogens (tertiary/aromatic N) is 2. The van der Waals surface area contributed by atoms with E-state index in [0.717, 1.165) is 17.5 Å². The molecule has 118 valence electrons. The molecular weight excluding hydrogens is 268 g/mol. The second kappa shape index (κ2) is 6.83. The van der Waals surface area contributed by atoms with Crippen LogP contribution in [0.3, 0.4) is 0 Å². The molecule has 3 N–H and O–H groups in total. The van der Waals surface area contributed by atoms with Gasteiger partial charge in [-0.25, -0.2) is 4.79 Å². The molecule has 0 spiro atoms. The van der Waals surface area contributed by atoms with Crippen molar-refractivity contribution in [2.75, 3.05) is 17.6 Å². The predicted octanol–water partition coefficient (Wildman–Crippen LogP) is 1.53. The van der Waals surface area contributed by atoms with Crippen LogP contribution in [-0.2, 0) is 13.6 Å². The Balaban J connectivity index is 2.25. The zero-order chi connectivity index (χ0) is 15.4. The molecule has 0 aliphatic heterocycles. The molecule has 1 aromatic heterocycles. The van der Waals surface area contributed by atoms with E-state index in [1.165, 1.54) is 43.7 Å². The first-order chi connectivity index (χ1) is 10.1. The zero-order valence-electron chi connectivity index (χ0n) is 13.0. The van der Waals surface area contributed by atoms with E-state index < -0.39 is 0 Å². The van der Waals surface area contributed by atoms with Crippen LogP contribution in [0.5, 0.6) is 0 Å². The molecule has 0 aromatic carbocycles. The summed E-state index contributed by atoms with van der Waals surface area (Å²) in [5, 5.41) is 3.20. The van der Waals surface area contributed by atoms with E-state index in [9.17, 15) is 9.59 Å². The van der Waals surface area contributed by atoms with Crippen molar-refractivity contribution < 1.29 is 0 Å². The van der Waals surface area contributed by atoms with Crippen LogP contribution in [0.1, 0.15) is 45.4 Å². The number of aromatic nitrogens is 2. The highest BCUT2D eigenvalue weighted by Crippen LogP contribution is 2.24. The van der Waals surface area contributed by atoms with Crippen molar-refractivity contribution in [1.29, 1.82) is 0 Å². The first-order valence-electron chi connectivity index (χ1n) is 7.89. The summed E-state index contributed by atoms with van der Waals surface area (Å²) in [6.45, 7) is 3.26. The van der Waals surface area contributed by atoms with Crippen molar-refractivity contribution in [2.45, 2.75) is 52.0 Å². The quantitative estimate of drug-likeness (QED) is 0.863. The third-order valence-corrected chi connectivity index (χ3v) is 4.32. The summed E-state index contributed by atoms with van der Waals surface area (Å²) < 4.78 is 2.61. The minimum atomic E-state index is -0.345. The van der Waals surface area contributed by atoms with Crippen LogP contribution >= 0.6 is 0 Å². The van der Waals surface area contributed by atoms with E-state index >= 15 is 0 Å². The number of rotatable bonds is 5. The Kier molecular flexibility index (Phi) is 5.09. The summed E-state index contributed by atoms with van der Waals surface area (Å²) in [5.41, 5.74) is 5.74. The Labute approximate surface area is 125 Å². The standard InChI is InChI=1S/C15H26N4O2/c1-3-9-19-13(16)12(14(20)18(2)15(19)21)17-10-11-7-5-4-6-8-11/h11,17H,3-10,16H2,1-2H3. The molecule has 0 unspecified atom stereocenters. The molecule has 0 saturated heterocycles. The van der Waals surface area contributed by atoms with Gasteiger partial charge in [0, 0.05) is 20.1 Å². The molecule has 0 amide bonds. The van der Waals surface area contributed by atoms with Crippen LogP contribution in [-0.4, -0.2) is 15.7 Å². The van der Waals surface area contributed by atoms with Crippen molar-refractivity contribution >= 4 is 11.5 Å². The SMILES string of the molecule is CCCn1c(N)c(NCC2CCCCC2)c(=O)n(C)c1=O. The van der Waals surface area contributed by atoms with Crippen molar-refractivity contribution in [3.05, 3.63) is 20.8 Å². The summed E-state index contributed by atoms with van der Waals surface area (Å²) in [4.78, 5) is 24.3. The third-order valence-electron chi connectivity index (χ3n) is 4.32. The average Bonchev–Trinajstić information content (AvgIpc) is 2.50. The van der Waals surface area contributed by atoms with Crippen molar-refractivity contribution in [2.24, 2.45) is 13.0 Å². The number of nitrogens with two attached hydrogens (primary N) is 1. The van der Waals surface area contributed by atoms with Crippen LogP contribution < -0.4 is 22.3 Å². The van der Waals surface area contributed by atoms with Crippen molar-refractivity contribution in [1.82, 2.24) is 9.13 Å². The lowest BCUT2D eigenvalue weighted by Gasteiger charge is -2.23. The molecule has 1 aliphatic carbocycles. The van der Waals surface area contributed by atoms with E-state index in [2.05, 4.69) is 5.32 Å². The summed E-state index contributed by atoms with van der Waals surface area (Å²) >= 11 is 0. The van der Waals surface area contributed by atoms with Gasteiger partial charge in [-0.2, -0.15) is 0 Å². The highest BCUT2D eigenvalue weighted by atomic mass is 16.2. The Bertz CT molecular complexity index is 597. The largest absolute Gasteiger partial charge is 0.383 e. The number of hydrogen-bond acceptors (Lipinski definition) is 4. The smallest absolute Gasteiger partial charge is 0.332 e. The molecule has 1 aromatic rings. The lowest BCUT2D eigenvalue weighted by atomic mass is 9.89. The van der Waals surface area contributed by atoms with Gasteiger partial charge in [-0.3, -0.25) is 13.9 Å². The van der Waals surface area contributed by atoms with Gasteiger partial charge in [0.1, 0.15) is 11.5 Å². The molecule has 1 aliphatic rings. The van der Waals surface area contributed by atoms with Gasteiger partial charge in [-0.1, -0.05) is 26.2 Å². The second-order valence-electron chi connectivity index (χ2n) is 5.94. The maximum Gasteiger partial charge on any atom is 0.332 e. The fourth-order valence-corrected chi connectivity index (χ4v) is 3.03. The third kappa shape index (κ3) is 3.31. The van der Waals surface area contributed by atoms with Gasteiger partial charge in [0.25, 0.3) is 5.56 Å². The van der Waals surface area contributed by atoms with Gasteiger partial charge in [0.05, 0.1) is 0 Å². The average molecular weight is 294 g/mol. The normalized spacial score (nSPS) is 16.1. The maximum atomic E-state index is 12.2. The van der Waals surface area contributed by atoms with Crippen LogP contribution in [0.2, 0.25) is 0 Å². The summed E-state index contributed by atoms with van der Waals surface area (Å²) in [6.07, 6.45) is 7.01. The zero-order valence-corrected chi connectivity index (χ0v) is 13.0. The first-order valence-corrected chi connectivity index (χ1v) is 7.89. The topological polar surface area (TPSA) is 82.0 Å². The Hall–Kier alpha value is -1.72. The van der Waals surface area contributed by atoms with Gasteiger partial charge >= 0.3 is 5.69 Å². The lowest BCUT2D eigenvalue weighted by Crippen LogP contribution is -2.41. The lowest BCUT2D eigenvalue weighted by molar-refractivity contribution is 0.373. The molecule has 1 fully saturated rings. The monoisotopic (exact) mass is 294 g/mol. The van der Waals surface area contributed by atoms with E-state index in [4.69, 9.17) is 5.73 Å². The minimum Gasteiger partial charge on any atom is -0.383 e. The molecule has 0 radical (unpaired) electrons. The molecule has 6 heteroatoms. The van der Waals surface area contributed by atoms with Crippen LogP contribution in [0.15, 0.2) is 9.59 Å². The number of nitrogen functional groups attached to an aromatic ring is 1. The molecule has 1 saturated carbocycles. The summed E-state index contributed by atoms with van der Waals surface area (Å²) in [6, 6.07) is 0. The maximum absolute atomic E-state index is 12.2. The van der Waals surface area contributed by atoms with Gasteiger partial charge in [0.15, 0.2) is 0 Å². The fourth-order valence-electron chi connectivity index (χ4n) is 3.03. The van der Waals surface area contributed by atoms with Gasteiger partial charge < -0.3 is 11.1 Å². The van der Waals surface area contributed by atoms with Crippen LogP contribution in [0, 0.1) is 5.92 Å². The van der Waals surface area contributed by atoms with E-state index in [1.54, 1.807) is 0 Å². The minimum absolute atomic E-state index is 0.265. The molecule has 0 bridgehead atoms. The van der Waals surface area contributed by atoms with Crippen LogP contribution in [0.4, 0.5) is 11.5 Å². The van der Waals surface area contributed by atoms with Crippen LogP contribution in [0.25, 0.3) is 0 Å². The molecule has 0 atom stereocenters. The number of anilines is 2. The Morgan fingerprint density at radius 1 is 1.24 bits per heavy atom. The highest BCUT2D eigenvalue weighted by molar-refractivity contribution is 5.60. The second-order valence-corrected chi connectivity index (χ2v) is 5.94. The van der Waals surface area contributed by atoms with E-state index in [-0.39, 0.29) is 17.1 Å². The van der Waals surface area contributed by atoms with Crippen molar-refractivity contribution in [3.63, 3.8) is 0 Å². The van der Waals surface area contributed by atoms with E-state index in [0.29, 0.717) is 18.2 Å². The summed E-state index contributed by atoms with van der Waals surface area (Å²) in [5.74, 6) is 0.857. The molecule has 2 rings (SSSR count). The Morgan fingerprint density at radius 2 is 1.90 bits per heavy atom. The number of nitrogens with one attached hydrogen (secondary N) is 1. The number of hydrogen-bond donors (Lipinski definition) is 2. The first kappa shape index (κ1) is 15.7. The van der Waals surface area contributed by atoms with Gasteiger partial charge in [-0.15, -0.1) is 0 Å².